The first-order valence-electron chi connectivity index (χ1n) is 5.70. The van der Waals surface area contributed by atoms with Gasteiger partial charge in [-0.1, -0.05) is 29.3 Å². The smallest absolute Gasteiger partial charge is 0.238 e. The summed E-state index contributed by atoms with van der Waals surface area (Å²) in [7, 11) is 0. The molecule has 98 valence electrons. The minimum Gasteiger partial charge on any atom is -0.392 e. The van der Waals surface area contributed by atoms with Gasteiger partial charge in [0, 0.05) is 13.1 Å². The van der Waals surface area contributed by atoms with Gasteiger partial charge in [0.25, 0.3) is 0 Å². The number of anilines is 1. The van der Waals surface area contributed by atoms with Crippen LogP contribution >= 0.6 is 23.2 Å². The first kappa shape index (κ1) is 13.6. The second-order valence-electron chi connectivity index (χ2n) is 4.32. The van der Waals surface area contributed by atoms with Crippen molar-refractivity contribution in [2.24, 2.45) is 0 Å². The summed E-state index contributed by atoms with van der Waals surface area (Å²) < 4.78 is 0. The highest BCUT2D eigenvalue weighted by Gasteiger charge is 2.22. The largest absolute Gasteiger partial charge is 0.392 e. The molecular weight excluding hydrogens is 275 g/mol. The molecule has 4 nitrogen and oxygen atoms in total. The summed E-state index contributed by atoms with van der Waals surface area (Å²) >= 11 is 11.9. The number of β-amino-alcohol motifs (C(OH)–C–C–N with tert-alkyl or cyclic N) is 1. The van der Waals surface area contributed by atoms with Gasteiger partial charge in [0.05, 0.1) is 28.4 Å². The van der Waals surface area contributed by atoms with Crippen molar-refractivity contribution in [1.29, 1.82) is 0 Å². The van der Waals surface area contributed by atoms with E-state index in [-0.39, 0.29) is 18.6 Å². The van der Waals surface area contributed by atoms with Crippen LogP contribution in [0, 0.1) is 0 Å². The number of amides is 1. The Morgan fingerprint density at radius 1 is 1.44 bits per heavy atom. The molecule has 0 aliphatic carbocycles. The Morgan fingerprint density at radius 2 is 2.11 bits per heavy atom. The maximum Gasteiger partial charge on any atom is 0.238 e. The van der Waals surface area contributed by atoms with Crippen molar-refractivity contribution in [2.45, 2.75) is 12.5 Å². The Bertz CT molecular complexity index is 433. The van der Waals surface area contributed by atoms with Crippen LogP contribution in [0.5, 0.6) is 0 Å². The van der Waals surface area contributed by atoms with Crippen LogP contribution in [0.25, 0.3) is 0 Å². The molecule has 0 aromatic heterocycles. The molecule has 1 aromatic rings. The molecular formula is C12H14Cl2N2O2. The van der Waals surface area contributed by atoms with E-state index in [0.717, 1.165) is 6.54 Å². The highest BCUT2D eigenvalue weighted by molar-refractivity contribution is 6.39. The first-order valence-corrected chi connectivity index (χ1v) is 6.46. The number of aliphatic hydroxyl groups excluding tert-OH is 1. The molecule has 0 radical (unpaired) electrons. The number of aliphatic hydroxyl groups is 1. The summed E-state index contributed by atoms with van der Waals surface area (Å²) in [6, 6.07) is 5.06. The van der Waals surface area contributed by atoms with Gasteiger partial charge in [0.1, 0.15) is 0 Å². The molecule has 1 atom stereocenters. The fourth-order valence-electron chi connectivity index (χ4n) is 1.96. The third kappa shape index (κ3) is 3.36. The predicted octanol–water partition coefficient (Wildman–Crippen LogP) is 2.00. The Labute approximate surface area is 115 Å². The van der Waals surface area contributed by atoms with Crippen molar-refractivity contribution in [3.05, 3.63) is 28.2 Å². The second-order valence-corrected chi connectivity index (χ2v) is 5.14. The summed E-state index contributed by atoms with van der Waals surface area (Å²) in [4.78, 5) is 13.7. The molecule has 2 N–H and O–H groups in total. The van der Waals surface area contributed by atoms with Gasteiger partial charge in [-0.15, -0.1) is 0 Å². The molecule has 1 heterocycles. The van der Waals surface area contributed by atoms with E-state index >= 15 is 0 Å². The lowest BCUT2D eigenvalue weighted by atomic mass is 10.3. The van der Waals surface area contributed by atoms with Crippen molar-refractivity contribution in [2.75, 3.05) is 25.0 Å². The van der Waals surface area contributed by atoms with Gasteiger partial charge < -0.3 is 10.4 Å². The second kappa shape index (κ2) is 5.89. The van der Waals surface area contributed by atoms with Gasteiger partial charge in [-0.3, -0.25) is 9.69 Å². The van der Waals surface area contributed by atoms with Crippen LogP contribution in [0.4, 0.5) is 5.69 Å². The third-order valence-corrected chi connectivity index (χ3v) is 3.47. The number of nitrogens with zero attached hydrogens (tertiary/aromatic N) is 1. The molecule has 0 spiro atoms. The van der Waals surface area contributed by atoms with Gasteiger partial charge in [0.2, 0.25) is 5.91 Å². The number of nitrogens with one attached hydrogen (secondary N) is 1. The topological polar surface area (TPSA) is 52.6 Å². The Morgan fingerprint density at radius 3 is 2.67 bits per heavy atom. The van der Waals surface area contributed by atoms with Gasteiger partial charge in [0.15, 0.2) is 0 Å². The minimum atomic E-state index is -0.332. The SMILES string of the molecule is O=C(CN1CC[C@@H](O)C1)Nc1c(Cl)cccc1Cl. The average molecular weight is 289 g/mol. The summed E-state index contributed by atoms with van der Waals surface area (Å²) in [5.41, 5.74) is 0.436. The van der Waals surface area contributed by atoms with Gasteiger partial charge in [-0.05, 0) is 18.6 Å². The van der Waals surface area contributed by atoms with Crippen LogP contribution in [0.3, 0.4) is 0 Å². The summed E-state index contributed by atoms with van der Waals surface area (Å²) in [5.74, 6) is -0.181. The van der Waals surface area contributed by atoms with E-state index in [1.54, 1.807) is 18.2 Å². The third-order valence-electron chi connectivity index (χ3n) is 2.84. The minimum absolute atomic E-state index is 0.181. The Hall–Kier alpha value is -0.810. The number of hydrogen-bond donors (Lipinski definition) is 2. The van der Waals surface area contributed by atoms with E-state index < -0.39 is 0 Å². The zero-order chi connectivity index (χ0) is 13.1. The average Bonchev–Trinajstić information content (AvgIpc) is 2.69. The van der Waals surface area contributed by atoms with E-state index in [9.17, 15) is 9.90 Å². The van der Waals surface area contributed by atoms with Crippen molar-refractivity contribution < 1.29 is 9.90 Å². The maximum atomic E-state index is 11.8. The number of likely N-dealkylation sites (tertiary alicyclic amines) is 1. The number of benzene rings is 1. The van der Waals surface area contributed by atoms with E-state index in [1.807, 2.05) is 4.90 Å². The normalized spacial score (nSPS) is 20.1. The lowest BCUT2D eigenvalue weighted by Gasteiger charge is -2.15. The van der Waals surface area contributed by atoms with Crippen molar-refractivity contribution in [3.8, 4) is 0 Å². The first-order chi connectivity index (χ1) is 8.56. The van der Waals surface area contributed by atoms with Crippen molar-refractivity contribution in [3.63, 3.8) is 0 Å². The summed E-state index contributed by atoms with van der Waals surface area (Å²) in [5, 5.41) is 12.9. The van der Waals surface area contributed by atoms with Gasteiger partial charge in [-0.25, -0.2) is 0 Å². The van der Waals surface area contributed by atoms with E-state index in [0.29, 0.717) is 28.7 Å². The molecule has 1 aliphatic rings. The summed E-state index contributed by atoms with van der Waals surface area (Å²) in [6.45, 7) is 1.49. The van der Waals surface area contributed by atoms with Crippen LogP contribution < -0.4 is 5.32 Å². The zero-order valence-electron chi connectivity index (χ0n) is 9.70. The highest BCUT2D eigenvalue weighted by Crippen LogP contribution is 2.29. The standard InChI is InChI=1S/C12H14Cl2N2O2/c13-9-2-1-3-10(14)12(9)15-11(18)7-16-5-4-8(17)6-16/h1-3,8,17H,4-7H2,(H,15,18)/t8-/m1/s1. The lowest BCUT2D eigenvalue weighted by Crippen LogP contribution is -2.32. The zero-order valence-corrected chi connectivity index (χ0v) is 11.2. The molecule has 0 unspecified atom stereocenters. The predicted molar refractivity (Wildman–Crippen MR) is 72.2 cm³/mol. The fourth-order valence-corrected chi connectivity index (χ4v) is 2.45. The molecule has 1 saturated heterocycles. The van der Waals surface area contributed by atoms with Crippen LogP contribution in [-0.2, 0) is 4.79 Å². The Balaban J connectivity index is 1.95. The highest BCUT2D eigenvalue weighted by atomic mass is 35.5. The van der Waals surface area contributed by atoms with Crippen LogP contribution in [0.1, 0.15) is 6.42 Å². The van der Waals surface area contributed by atoms with E-state index in [4.69, 9.17) is 23.2 Å². The lowest BCUT2D eigenvalue weighted by molar-refractivity contribution is -0.117. The van der Waals surface area contributed by atoms with Crippen LogP contribution in [0.15, 0.2) is 18.2 Å². The molecule has 18 heavy (non-hydrogen) atoms. The van der Waals surface area contributed by atoms with Gasteiger partial charge in [-0.2, -0.15) is 0 Å². The molecule has 1 aliphatic heterocycles. The van der Waals surface area contributed by atoms with Crippen LogP contribution in [-0.4, -0.2) is 41.7 Å². The van der Waals surface area contributed by atoms with Crippen LogP contribution in [0.2, 0.25) is 10.0 Å². The fraction of sp³-hybridized carbons (Fsp3) is 0.417. The number of carbonyl (C=O) groups excluding carboxylic acids is 1. The van der Waals surface area contributed by atoms with Crippen molar-refractivity contribution in [1.82, 2.24) is 4.90 Å². The maximum absolute atomic E-state index is 11.8. The van der Waals surface area contributed by atoms with Gasteiger partial charge >= 0.3 is 0 Å². The number of hydrogen-bond acceptors (Lipinski definition) is 3. The number of rotatable bonds is 3. The molecule has 2 rings (SSSR count). The molecule has 1 fully saturated rings. The quantitative estimate of drug-likeness (QED) is 0.895. The number of halogens is 2. The monoisotopic (exact) mass is 288 g/mol. The molecule has 0 bridgehead atoms. The molecule has 1 aromatic carbocycles. The van der Waals surface area contributed by atoms with E-state index in [2.05, 4.69) is 5.32 Å². The Kier molecular flexibility index (Phi) is 4.45. The number of para-hydroxylation sites is 1. The summed E-state index contributed by atoms with van der Waals surface area (Å²) in [6.07, 6.45) is 0.377. The number of carbonyl (C=O) groups is 1. The van der Waals surface area contributed by atoms with Crippen molar-refractivity contribution >= 4 is 34.8 Å². The van der Waals surface area contributed by atoms with E-state index in [1.165, 1.54) is 0 Å². The molecule has 0 saturated carbocycles. The molecule has 1 amide bonds. The molecule has 6 heteroatoms.